The summed E-state index contributed by atoms with van der Waals surface area (Å²) < 4.78 is 26.1. The highest BCUT2D eigenvalue weighted by Gasteiger charge is 2.29. The van der Waals surface area contributed by atoms with Gasteiger partial charge in [-0.1, -0.05) is 6.07 Å². The molecule has 31 heavy (non-hydrogen) atoms. The summed E-state index contributed by atoms with van der Waals surface area (Å²) in [6.45, 7) is 5.58. The number of rotatable bonds is 6. The van der Waals surface area contributed by atoms with Crippen LogP contribution < -0.4 is 15.1 Å². The van der Waals surface area contributed by atoms with Crippen LogP contribution in [0.1, 0.15) is 31.4 Å². The number of carbonyl (C=O) groups excluding carboxylic acids is 2. The van der Waals surface area contributed by atoms with Crippen LogP contribution in [-0.2, 0) is 25.8 Å². The first kappa shape index (κ1) is 22.8. The van der Waals surface area contributed by atoms with E-state index in [1.807, 2.05) is 38.1 Å². The second-order valence-corrected chi connectivity index (χ2v) is 10.6. The molecule has 1 heterocycles. The Morgan fingerprint density at radius 2 is 1.87 bits per heavy atom. The highest BCUT2D eigenvalue weighted by molar-refractivity contribution is 7.92. The Kier molecular flexibility index (Phi) is 6.40. The molecule has 2 aromatic rings. The van der Waals surface area contributed by atoms with Gasteiger partial charge in [-0.25, -0.2) is 8.42 Å². The molecule has 0 fully saturated rings. The number of sulfone groups is 1. The average molecular weight is 444 g/mol. The molecule has 0 bridgehead atoms. The van der Waals surface area contributed by atoms with Gasteiger partial charge in [0.2, 0.25) is 11.8 Å². The minimum atomic E-state index is -3.69. The van der Waals surface area contributed by atoms with Crippen LogP contribution in [-0.4, -0.2) is 46.1 Å². The van der Waals surface area contributed by atoms with Gasteiger partial charge >= 0.3 is 0 Å². The zero-order valence-electron chi connectivity index (χ0n) is 18.6. The largest absolute Gasteiger partial charge is 0.377 e. The lowest BCUT2D eigenvalue weighted by molar-refractivity contribution is -0.117. The van der Waals surface area contributed by atoms with Crippen molar-refractivity contribution in [3.05, 3.63) is 47.5 Å². The van der Waals surface area contributed by atoms with Crippen molar-refractivity contribution in [3.8, 4) is 0 Å². The van der Waals surface area contributed by atoms with Crippen LogP contribution >= 0.6 is 0 Å². The zero-order chi connectivity index (χ0) is 22.9. The smallest absolute Gasteiger partial charge is 0.225 e. The van der Waals surface area contributed by atoms with Crippen LogP contribution in [0.15, 0.2) is 41.3 Å². The predicted molar refractivity (Wildman–Crippen MR) is 124 cm³/mol. The molecular formula is C23H29N3O4S. The Bertz CT molecular complexity index is 1130. The Labute approximate surface area is 184 Å². The molecule has 166 valence electrons. The van der Waals surface area contributed by atoms with Gasteiger partial charge < -0.3 is 15.1 Å². The van der Waals surface area contributed by atoms with Gasteiger partial charge in [0.1, 0.15) is 0 Å². The molecule has 0 saturated carbocycles. The SMILES string of the molecule is CC(=O)N1CCc2cc(S(=O)(=O)[C@@H](C)CC(=O)Nc3ccc(C)c(N(C)C)c3)ccc21. The zero-order valence-corrected chi connectivity index (χ0v) is 19.4. The van der Waals surface area contributed by atoms with Gasteiger partial charge in [-0.05, 0) is 61.7 Å². The van der Waals surface area contributed by atoms with Gasteiger partial charge in [0.15, 0.2) is 9.84 Å². The van der Waals surface area contributed by atoms with Gasteiger partial charge in [-0.15, -0.1) is 0 Å². The molecule has 1 atom stereocenters. The average Bonchev–Trinajstić information content (AvgIpc) is 3.12. The van der Waals surface area contributed by atoms with Crippen LogP contribution in [0.4, 0.5) is 17.1 Å². The summed E-state index contributed by atoms with van der Waals surface area (Å²) in [6.07, 6.45) is 0.471. The summed E-state index contributed by atoms with van der Waals surface area (Å²) >= 11 is 0. The molecule has 0 aliphatic carbocycles. The maximum absolute atomic E-state index is 13.1. The van der Waals surface area contributed by atoms with Crippen LogP contribution in [0, 0.1) is 6.92 Å². The summed E-state index contributed by atoms with van der Waals surface area (Å²) in [7, 11) is 0.164. The minimum Gasteiger partial charge on any atom is -0.377 e. The van der Waals surface area contributed by atoms with Crippen molar-refractivity contribution in [3.63, 3.8) is 0 Å². The van der Waals surface area contributed by atoms with E-state index in [-0.39, 0.29) is 23.1 Å². The molecule has 0 aromatic heterocycles. The second-order valence-electron chi connectivity index (χ2n) is 8.21. The van der Waals surface area contributed by atoms with Crippen LogP contribution in [0.5, 0.6) is 0 Å². The Morgan fingerprint density at radius 1 is 1.16 bits per heavy atom. The molecule has 0 radical (unpaired) electrons. The summed E-state index contributed by atoms with van der Waals surface area (Å²) in [4.78, 5) is 28.0. The van der Waals surface area contributed by atoms with Crippen LogP contribution in [0.25, 0.3) is 0 Å². The van der Waals surface area contributed by atoms with Gasteiger partial charge in [0.05, 0.1) is 10.1 Å². The van der Waals surface area contributed by atoms with Crippen LogP contribution in [0.2, 0.25) is 0 Å². The topological polar surface area (TPSA) is 86.8 Å². The van der Waals surface area contributed by atoms with E-state index in [1.165, 1.54) is 13.0 Å². The molecule has 0 unspecified atom stereocenters. The van der Waals surface area contributed by atoms with Crippen molar-refractivity contribution in [2.24, 2.45) is 0 Å². The van der Waals surface area contributed by atoms with E-state index in [0.29, 0.717) is 18.7 Å². The van der Waals surface area contributed by atoms with Crippen molar-refractivity contribution in [1.29, 1.82) is 0 Å². The molecule has 2 aromatic carbocycles. The van der Waals surface area contributed by atoms with Crippen molar-refractivity contribution in [1.82, 2.24) is 0 Å². The van der Waals surface area contributed by atoms with Gasteiger partial charge in [-0.3, -0.25) is 9.59 Å². The normalized spacial score (nSPS) is 14.2. The quantitative estimate of drug-likeness (QED) is 0.741. The van der Waals surface area contributed by atoms with E-state index in [1.54, 1.807) is 30.0 Å². The molecule has 1 N–H and O–H groups in total. The fourth-order valence-electron chi connectivity index (χ4n) is 3.87. The third kappa shape index (κ3) is 4.74. The number of anilines is 3. The number of amides is 2. The predicted octanol–water partition coefficient (Wildman–Crippen LogP) is 3.16. The Balaban J connectivity index is 1.73. The molecule has 8 heteroatoms. The standard InChI is InChI=1S/C23H29N3O4S/c1-15-6-7-19(14-22(15)25(4)5)24-23(28)12-16(2)31(29,30)20-8-9-21-18(13-20)10-11-26(21)17(3)27/h6-9,13-14,16H,10-12H2,1-5H3,(H,24,28)/t16-/m0/s1. The summed E-state index contributed by atoms with van der Waals surface area (Å²) in [6, 6.07) is 10.4. The van der Waals surface area contributed by atoms with E-state index in [0.717, 1.165) is 22.5 Å². The molecule has 0 spiro atoms. The number of hydrogen-bond acceptors (Lipinski definition) is 5. The van der Waals surface area contributed by atoms with E-state index in [9.17, 15) is 18.0 Å². The van der Waals surface area contributed by atoms with E-state index >= 15 is 0 Å². The number of nitrogens with zero attached hydrogens (tertiary/aromatic N) is 2. The number of aryl methyl sites for hydroxylation is 1. The van der Waals surface area contributed by atoms with Gasteiger partial charge in [0, 0.05) is 51.0 Å². The van der Waals surface area contributed by atoms with E-state index in [4.69, 9.17) is 0 Å². The number of benzene rings is 2. The number of fused-ring (bicyclic) bond motifs is 1. The van der Waals surface area contributed by atoms with Crippen molar-refractivity contribution < 1.29 is 18.0 Å². The Hall–Kier alpha value is -2.87. The molecule has 1 aliphatic heterocycles. The highest BCUT2D eigenvalue weighted by atomic mass is 32.2. The lowest BCUT2D eigenvalue weighted by Gasteiger charge is -2.18. The maximum Gasteiger partial charge on any atom is 0.225 e. The lowest BCUT2D eigenvalue weighted by atomic mass is 10.1. The van der Waals surface area contributed by atoms with E-state index < -0.39 is 15.1 Å². The fourth-order valence-corrected chi connectivity index (χ4v) is 5.27. The molecule has 7 nitrogen and oxygen atoms in total. The molecule has 1 aliphatic rings. The molecule has 3 rings (SSSR count). The van der Waals surface area contributed by atoms with Crippen molar-refractivity contribution in [2.75, 3.05) is 35.8 Å². The highest BCUT2D eigenvalue weighted by Crippen LogP contribution is 2.31. The molecular weight excluding hydrogens is 414 g/mol. The van der Waals surface area contributed by atoms with E-state index in [2.05, 4.69) is 5.32 Å². The summed E-state index contributed by atoms with van der Waals surface area (Å²) in [5, 5.41) is 1.92. The third-order valence-electron chi connectivity index (χ3n) is 5.63. The number of carbonyl (C=O) groups is 2. The number of nitrogens with one attached hydrogen (secondary N) is 1. The first-order valence-electron chi connectivity index (χ1n) is 10.2. The first-order chi connectivity index (χ1) is 14.5. The monoisotopic (exact) mass is 443 g/mol. The van der Waals surface area contributed by atoms with Crippen molar-refractivity contribution >= 4 is 38.7 Å². The molecule has 2 amide bonds. The number of hydrogen-bond donors (Lipinski definition) is 1. The summed E-state index contributed by atoms with van der Waals surface area (Å²) in [5.74, 6) is -0.415. The van der Waals surface area contributed by atoms with Gasteiger partial charge in [0.25, 0.3) is 0 Å². The summed E-state index contributed by atoms with van der Waals surface area (Å²) in [5.41, 5.74) is 4.29. The third-order valence-corrected chi connectivity index (χ3v) is 7.77. The van der Waals surface area contributed by atoms with Gasteiger partial charge in [-0.2, -0.15) is 0 Å². The fraction of sp³-hybridized carbons (Fsp3) is 0.391. The first-order valence-corrected chi connectivity index (χ1v) is 11.8. The maximum atomic E-state index is 13.1. The second kappa shape index (κ2) is 8.70. The lowest BCUT2D eigenvalue weighted by Crippen LogP contribution is -2.26. The van der Waals surface area contributed by atoms with Crippen LogP contribution in [0.3, 0.4) is 0 Å². The van der Waals surface area contributed by atoms with Crippen molar-refractivity contribution in [2.45, 2.75) is 43.8 Å². The Morgan fingerprint density at radius 3 is 2.52 bits per heavy atom. The minimum absolute atomic E-state index is 0.0621. The molecule has 0 saturated heterocycles.